The van der Waals surface area contributed by atoms with Crippen LogP contribution in [0.1, 0.15) is 22.1 Å². The molecule has 1 atom stereocenters. The quantitative estimate of drug-likeness (QED) is 0.693. The highest BCUT2D eigenvalue weighted by molar-refractivity contribution is 9.11. The van der Waals surface area contributed by atoms with Gasteiger partial charge in [-0.1, -0.05) is 0 Å². The lowest BCUT2D eigenvalue weighted by Crippen LogP contribution is -2.05. The third-order valence-corrected chi connectivity index (χ3v) is 5.59. The molecular weight excluding hydrogens is 402 g/mol. The lowest BCUT2D eigenvalue weighted by molar-refractivity contribution is 0.179. The van der Waals surface area contributed by atoms with Crippen LogP contribution in [0.2, 0.25) is 0 Å². The Bertz CT molecular complexity index is 593. The topological polar surface area (TPSA) is 20.2 Å². The Balaban J connectivity index is 2.28. The molecule has 1 nitrogen and oxygen atoms in total. The van der Waals surface area contributed by atoms with Crippen molar-refractivity contribution >= 4 is 43.2 Å². The van der Waals surface area contributed by atoms with Gasteiger partial charge in [-0.2, -0.15) is 0 Å². The molecule has 0 bridgehead atoms. The second-order valence-electron chi connectivity index (χ2n) is 4.15. The monoisotopic (exact) mass is 410 g/mol. The molecule has 2 aromatic rings. The molecule has 0 amide bonds. The first-order valence-corrected chi connectivity index (χ1v) is 7.86. The van der Waals surface area contributed by atoms with Crippen LogP contribution in [0.15, 0.2) is 26.5 Å². The van der Waals surface area contributed by atoms with Crippen LogP contribution >= 0.6 is 43.2 Å². The number of hydrogen-bond donors (Lipinski definition) is 1. The highest BCUT2D eigenvalue weighted by atomic mass is 79.9. The number of aliphatic hydroxyl groups excluding tert-OH is 1. The zero-order chi connectivity index (χ0) is 14.2. The summed E-state index contributed by atoms with van der Waals surface area (Å²) in [6, 6.07) is 4.31. The maximum atomic E-state index is 13.8. The van der Waals surface area contributed by atoms with Crippen LogP contribution in [0.4, 0.5) is 8.78 Å². The zero-order valence-electron chi connectivity index (χ0n) is 9.88. The van der Waals surface area contributed by atoms with Crippen molar-refractivity contribution in [3.8, 4) is 0 Å². The minimum atomic E-state index is -0.923. The van der Waals surface area contributed by atoms with Gasteiger partial charge in [-0.25, -0.2) is 8.78 Å². The molecule has 1 aromatic heterocycles. The Hall–Kier alpha value is -0.300. The van der Waals surface area contributed by atoms with E-state index < -0.39 is 17.7 Å². The van der Waals surface area contributed by atoms with E-state index in [1.54, 1.807) is 0 Å². The molecule has 0 fully saturated rings. The average Bonchev–Trinajstić information content (AvgIpc) is 2.70. The van der Waals surface area contributed by atoms with Gasteiger partial charge in [0.2, 0.25) is 0 Å². The number of benzene rings is 1. The normalized spacial score (nSPS) is 12.7. The Kier molecular flexibility index (Phi) is 4.76. The molecule has 0 radical (unpaired) electrons. The predicted octanol–water partition coefficient (Wildman–Crippen LogP) is 5.14. The van der Waals surface area contributed by atoms with E-state index >= 15 is 0 Å². The third-order valence-electron chi connectivity index (χ3n) is 2.74. The second kappa shape index (κ2) is 5.99. The first kappa shape index (κ1) is 15.1. The minimum Gasteiger partial charge on any atom is -0.387 e. The van der Waals surface area contributed by atoms with Crippen LogP contribution in [0, 0.1) is 18.6 Å². The van der Waals surface area contributed by atoms with Crippen molar-refractivity contribution in [3.63, 3.8) is 0 Å². The number of aliphatic hydroxyl groups is 1. The number of aryl methyl sites for hydroxylation is 1. The number of thiophene rings is 1. The SMILES string of the molecule is Cc1cc(C(O)Cc2c(F)ccc(Br)c2F)sc1Br. The Labute approximate surface area is 130 Å². The molecule has 2 rings (SSSR count). The van der Waals surface area contributed by atoms with Crippen LogP contribution < -0.4 is 0 Å². The first-order valence-electron chi connectivity index (χ1n) is 5.46. The molecule has 0 aliphatic carbocycles. The summed E-state index contributed by atoms with van der Waals surface area (Å²) in [6.07, 6.45) is -1.02. The van der Waals surface area contributed by atoms with Gasteiger partial charge in [0.25, 0.3) is 0 Å². The van der Waals surface area contributed by atoms with Crippen molar-refractivity contribution in [3.05, 3.63) is 54.1 Å². The van der Waals surface area contributed by atoms with Crippen LogP contribution in [0.5, 0.6) is 0 Å². The molecule has 102 valence electrons. The van der Waals surface area contributed by atoms with Gasteiger partial charge in [-0.15, -0.1) is 11.3 Å². The molecule has 0 spiro atoms. The highest BCUT2D eigenvalue weighted by Crippen LogP contribution is 2.34. The third kappa shape index (κ3) is 3.24. The van der Waals surface area contributed by atoms with Crippen molar-refractivity contribution in [1.82, 2.24) is 0 Å². The summed E-state index contributed by atoms with van der Waals surface area (Å²) in [5, 5.41) is 10.1. The van der Waals surface area contributed by atoms with E-state index in [2.05, 4.69) is 31.9 Å². The molecule has 1 heterocycles. The van der Waals surface area contributed by atoms with Crippen LogP contribution in [0.3, 0.4) is 0 Å². The molecule has 19 heavy (non-hydrogen) atoms. The maximum absolute atomic E-state index is 13.8. The van der Waals surface area contributed by atoms with Crippen molar-refractivity contribution < 1.29 is 13.9 Å². The largest absolute Gasteiger partial charge is 0.387 e. The van der Waals surface area contributed by atoms with Gasteiger partial charge in [-0.3, -0.25) is 0 Å². The van der Waals surface area contributed by atoms with Crippen molar-refractivity contribution in [2.75, 3.05) is 0 Å². The van der Waals surface area contributed by atoms with E-state index in [-0.39, 0.29) is 16.5 Å². The van der Waals surface area contributed by atoms with Crippen molar-refractivity contribution in [1.29, 1.82) is 0 Å². The van der Waals surface area contributed by atoms with E-state index in [0.29, 0.717) is 4.88 Å². The highest BCUT2D eigenvalue weighted by Gasteiger charge is 2.19. The van der Waals surface area contributed by atoms with Gasteiger partial charge in [0.15, 0.2) is 0 Å². The van der Waals surface area contributed by atoms with Crippen molar-refractivity contribution in [2.24, 2.45) is 0 Å². The van der Waals surface area contributed by atoms with E-state index in [1.165, 1.54) is 23.5 Å². The summed E-state index contributed by atoms with van der Waals surface area (Å²) in [5.41, 5.74) is 0.887. The van der Waals surface area contributed by atoms with Gasteiger partial charge in [0, 0.05) is 16.9 Å². The molecule has 0 aliphatic heterocycles. The molecule has 0 aliphatic rings. The summed E-state index contributed by atoms with van der Waals surface area (Å²) in [4.78, 5) is 0.683. The summed E-state index contributed by atoms with van der Waals surface area (Å²) < 4.78 is 28.5. The fourth-order valence-electron chi connectivity index (χ4n) is 1.70. The van der Waals surface area contributed by atoms with Gasteiger partial charge in [0.05, 0.1) is 14.4 Å². The predicted molar refractivity (Wildman–Crippen MR) is 79.5 cm³/mol. The molecule has 0 saturated heterocycles. The standard InChI is InChI=1S/C13H10Br2F2OS/c1-6-4-11(19-13(6)15)10(18)5-7-9(16)3-2-8(14)12(7)17/h2-4,10,18H,5H2,1H3. The molecule has 6 heteroatoms. The van der Waals surface area contributed by atoms with Crippen LogP contribution in [-0.4, -0.2) is 5.11 Å². The molecule has 1 aromatic carbocycles. The molecule has 0 saturated carbocycles. The minimum absolute atomic E-state index is 0.0938. The number of hydrogen-bond acceptors (Lipinski definition) is 2. The van der Waals surface area contributed by atoms with Crippen LogP contribution in [-0.2, 0) is 6.42 Å². The fraction of sp³-hybridized carbons (Fsp3) is 0.231. The molecule has 1 N–H and O–H groups in total. The van der Waals surface area contributed by atoms with Gasteiger partial charge in [0.1, 0.15) is 11.6 Å². The summed E-state index contributed by atoms with van der Waals surface area (Å²) in [5.74, 6) is -1.31. The summed E-state index contributed by atoms with van der Waals surface area (Å²) in [7, 11) is 0. The summed E-state index contributed by atoms with van der Waals surface area (Å²) in [6.45, 7) is 1.90. The van der Waals surface area contributed by atoms with E-state index in [1.807, 2.05) is 13.0 Å². The van der Waals surface area contributed by atoms with E-state index in [4.69, 9.17) is 0 Å². The number of rotatable bonds is 3. The average molecular weight is 412 g/mol. The number of halogens is 4. The fourth-order valence-corrected chi connectivity index (χ4v) is 3.63. The Morgan fingerprint density at radius 3 is 2.58 bits per heavy atom. The zero-order valence-corrected chi connectivity index (χ0v) is 13.9. The molecule has 1 unspecified atom stereocenters. The Morgan fingerprint density at radius 1 is 1.32 bits per heavy atom. The van der Waals surface area contributed by atoms with Gasteiger partial charge in [-0.05, 0) is 62.5 Å². The smallest absolute Gasteiger partial charge is 0.143 e. The first-order chi connectivity index (χ1) is 8.90. The lowest BCUT2D eigenvalue weighted by atomic mass is 10.1. The maximum Gasteiger partial charge on any atom is 0.143 e. The van der Waals surface area contributed by atoms with E-state index in [0.717, 1.165) is 9.35 Å². The lowest BCUT2D eigenvalue weighted by Gasteiger charge is -2.11. The van der Waals surface area contributed by atoms with Crippen molar-refractivity contribution in [2.45, 2.75) is 19.4 Å². The van der Waals surface area contributed by atoms with E-state index in [9.17, 15) is 13.9 Å². The van der Waals surface area contributed by atoms with Crippen LogP contribution in [0.25, 0.3) is 0 Å². The van der Waals surface area contributed by atoms with Gasteiger partial charge < -0.3 is 5.11 Å². The molecular formula is C13H10Br2F2OS. The van der Waals surface area contributed by atoms with Gasteiger partial charge >= 0.3 is 0 Å². The second-order valence-corrected chi connectivity index (χ2v) is 7.40. The summed E-state index contributed by atoms with van der Waals surface area (Å²) >= 11 is 7.74. The Morgan fingerprint density at radius 2 is 2.00 bits per heavy atom.